The maximum atomic E-state index is 12.5. The standard InChI is InChI=1S/C22H30N4O5S/c1-14-5-7-26(8-6-14)12-16-13-32-22(24-16)25-19(27)11-23-21(28)15-9-17(29-2)20(31-4)18(10-15)30-3/h9-10,13-14H,5-8,11-12H2,1-4H3,(H,23,28)(H,24,25,27). The molecule has 2 N–H and O–H groups in total. The molecule has 1 aliphatic rings. The highest BCUT2D eigenvalue weighted by Gasteiger charge is 2.19. The minimum atomic E-state index is -0.432. The number of amides is 2. The van der Waals surface area contributed by atoms with Crippen molar-refractivity contribution in [2.24, 2.45) is 5.92 Å². The van der Waals surface area contributed by atoms with Crippen molar-refractivity contribution in [2.45, 2.75) is 26.3 Å². The number of thiazole rings is 1. The summed E-state index contributed by atoms with van der Waals surface area (Å²) in [4.78, 5) is 31.7. The second-order valence-corrected chi connectivity index (χ2v) is 8.61. The number of likely N-dealkylation sites (tertiary alicyclic amines) is 1. The molecule has 1 aromatic carbocycles. The average Bonchev–Trinajstić information content (AvgIpc) is 3.24. The normalized spacial score (nSPS) is 14.6. The fourth-order valence-corrected chi connectivity index (χ4v) is 4.24. The predicted molar refractivity (Wildman–Crippen MR) is 123 cm³/mol. The summed E-state index contributed by atoms with van der Waals surface area (Å²) in [5.74, 6) is 1.12. The van der Waals surface area contributed by atoms with Crippen LogP contribution in [0.5, 0.6) is 17.2 Å². The van der Waals surface area contributed by atoms with Crippen LogP contribution in [0, 0.1) is 5.92 Å². The highest BCUT2D eigenvalue weighted by atomic mass is 32.1. The van der Waals surface area contributed by atoms with E-state index in [2.05, 4.69) is 27.4 Å². The number of aromatic nitrogens is 1. The first-order valence-electron chi connectivity index (χ1n) is 10.5. The van der Waals surface area contributed by atoms with Crippen LogP contribution in [0.1, 0.15) is 35.8 Å². The first kappa shape index (κ1) is 23.8. The van der Waals surface area contributed by atoms with Crippen LogP contribution in [-0.4, -0.2) is 62.7 Å². The van der Waals surface area contributed by atoms with Gasteiger partial charge in [0.2, 0.25) is 11.7 Å². The summed E-state index contributed by atoms with van der Waals surface area (Å²) in [5, 5.41) is 7.83. The molecular weight excluding hydrogens is 432 g/mol. The summed E-state index contributed by atoms with van der Waals surface area (Å²) in [6.45, 7) is 5.04. The van der Waals surface area contributed by atoms with Crippen LogP contribution in [-0.2, 0) is 11.3 Å². The van der Waals surface area contributed by atoms with E-state index in [-0.39, 0.29) is 12.5 Å². The lowest BCUT2D eigenvalue weighted by molar-refractivity contribution is -0.115. The quantitative estimate of drug-likeness (QED) is 0.591. The van der Waals surface area contributed by atoms with Crippen molar-refractivity contribution in [3.63, 3.8) is 0 Å². The van der Waals surface area contributed by atoms with Gasteiger partial charge in [0, 0.05) is 17.5 Å². The number of piperidine rings is 1. The summed E-state index contributed by atoms with van der Waals surface area (Å²) < 4.78 is 15.8. The first-order chi connectivity index (χ1) is 15.4. The number of hydrogen-bond acceptors (Lipinski definition) is 8. The molecule has 0 unspecified atom stereocenters. The number of nitrogens with one attached hydrogen (secondary N) is 2. The third kappa shape index (κ3) is 6.10. The number of rotatable bonds is 9. The van der Waals surface area contributed by atoms with Crippen molar-refractivity contribution in [1.82, 2.24) is 15.2 Å². The Labute approximate surface area is 192 Å². The fourth-order valence-electron chi connectivity index (χ4n) is 3.52. The van der Waals surface area contributed by atoms with Crippen LogP contribution in [0.4, 0.5) is 5.13 Å². The molecule has 0 radical (unpaired) electrons. The third-order valence-corrected chi connectivity index (χ3v) is 6.20. The van der Waals surface area contributed by atoms with Crippen molar-refractivity contribution in [1.29, 1.82) is 0 Å². The second-order valence-electron chi connectivity index (χ2n) is 7.75. The molecule has 9 nitrogen and oxygen atoms in total. The molecule has 0 atom stereocenters. The molecule has 3 rings (SSSR count). The number of methoxy groups -OCH3 is 3. The molecular formula is C22H30N4O5S. The lowest BCUT2D eigenvalue weighted by Gasteiger charge is -2.29. The van der Waals surface area contributed by atoms with Gasteiger partial charge in [-0.05, 0) is 44.0 Å². The second kappa shape index (κ2) is 11.1. The predicted octanol–water partition coefficient (Wildman–Crippen LogP) is 2.77. The molecule has 1 aliphatic heterocycles. The Morgan fingerprint density at radius 2 is 1.78 bits per heavy atom. The van der Waals surface area contributed by atoms with Crippen molar-refractivity contribution in [3.8, 4) is 17.2 Å². The van der Waals surface area contributed by atoms with Crippen molar-refractivity contribution < 1.29 is 23.8 Å². The van der Waals surface area contributed by atoms with Crippen LogP contribution in [0.15, 0.2) is 17.5 Å². The van der Waals surface area contributed by atoms with Gasteiger partial charge < -0.3 is 24.8 Å². The van der Waals surface area contributed by atoms with E-state index in [4.69, 9.17) is 14.2 Å². The van der Waals surface area contributed by atoms with Gasteiger partial charge in [-0.1, -0.05) is 6.92 Å². The highest BCUT2D eigenvalue weighted by molar-refractivity contribution is 7.13. The zero-order valence-corrected chi connectivity index (χ0v) is 19.7. The summed E-state index contributed by atoms with van der Waals surface area (Å²) in [5.41, 5.74) is 1.24. The van der Waals surface area contributed by atoms with Crippen LogP contribution >= 0.6 is 11.3 Å². The minimum absolute atomic E-state index is 0.186. The van der Waals surface area contributed by atoms with Crippen molar-refractivity contribution >= 4 is 28.3 Å². The smallest absolute Gasteiger partial charge is 0.251 e. The zero-order valence-electron chi connectivity index (χ0n) is 18.9. The molecule has 1 aromatic heterocycles. The highest BCUT2D eigenvalue weighted by Crippen LogP contribution is 2.38. The SMILES string of the molecule is COc1cc(C(=O)NCC(=O)Nc2nc(CN3CCC(C)CC3)cs2)cc(OC)c1OC. The number of nitrogens with zero attached hydrogens (tertiary/aromatic N) is 2. The van der Waals surface area contributed by atoms with Crippen molar-refractivity contribution in [2.75, 3.05) is 46.3 Å². The minimum Gasteiger partial charge on any atom is -0.493 e. The number of ether oxygens (including phenoxy) is 3. The third-order valence-electron chi connectivity index (χ3n) is 5.40. The van der Waals surface area contributed by atoms with Crippen molar-refractivity contribution in [3.05, 3.63) is 28.8 Å². The van der Waals surface area contributed by atoms with E-state index in [1.165, 1.54) is 57.6 Å². The number of anilines is 1. The number of benzene rings is 1. The van der Waals surface area contributed by atoms with E-state index >= 15 is 0 Å². The van der Waals surface area contributed by atoms with E-state index in [1.807, 2.05) is 5.38 Å². The molecule has 0 saturated carbocycles. The van der Waals surface area contributed by atoms with E-state index in [1.54, 1.807) is 0 Å². The fraction of sp³-hybridized carbons (Fsp3) is 0.500. The molecule has 10 heteroatoms. The molecule has 1 saturated heterocycles. The molecule has 0 bridgehead atoms. The number of carbonyl (C=O) groups excluding carboxylic acids is 2. The molecule has 174 valence electrons. The molecule has 0 aliphatic carbocycles. The maximum Gasteiger partial charge on any atom is 0.251 e. The van der Waals surface area contributed by atoms with Gasteiger partial charge in [-0.3, -0.25) is 14.5 Å². The van der Waals surface area contributed by atoms with Gasteiger partial charge in [0.05, 0.1) is 33.6 Å². The first-order valence-corrected chi connectivity index (χ1v) is 11.4. The van der Waals surface area contributed by atoms with Gasteiger partial charge in [0.1, 0.15) is 0 Å². The van der Waals surface area contributed by atoms with Gasteiger partial charge >= 0.3 is 0 Å². The summed E-state index contributed by atoms with van der Waals surface area (Å²) in [6.07, 6.45) is 2.42. The van der Waals surface area contributed by atoms with Gasteiger partial charge in [-0.25, -0.2) is 4.98 Å². The molecule has 0 spiro atoms. The Morgan fingerprint density at radius 1 is 1.12 bits per heavy atom. The molecule has 2 heterocycles. The van der Waals surface area contributed by atoms with Gasteiger partial charge in [-0.2, -0.15) is 0 Å². The Bertz CT molecular complexity index is 915. The maximum absolute atomic E-state index is 12.5. The Kier molecular flexibility index (Phi) is 8.29. The summed E-state index contributed by atoms with van der Waals surface area (Å²) in [7, 11) is 4.43. The lowest BCUT2D eigenvalue weighted by atomic mass is 9.99. The monoisotopic (exact) mass is 462 g/mol. The van der Waals surface area contributed by atoms with E-state index in [9.17, 15) is 9.59 Å². The van der Waals surface area contributed by atoms with Crippen LogP contribution < -0.4 is 24.8 Å². The van der Waals surface area contributed by atoms with Gasteiger partial charge in [-0.15, -0.1) is 11.3 Å². The van der Waals surface area contributed by atoms with Gasteiger partial charge in [0.15, 0.2) is 16.6 Å². The average molecular weight is 463 g/mol. The number of carbonyl (C=O) groups is 2. The van der Waals surface area contributed by atoms with Crippen LogP contribution in [0.25, 0.3) is 0 Å². The van der Waals surface area contributed by atoms with Crippen LogP contribution in [0.3, 0.4) is 0 Å². The Hall–Kier alpha value is -2.85. The summed E-state index contributed by atoms with van der Waals surface area (Å²) in [6, 6.07) is 3.06. The molecule has 32 heavy (non-hydrogen) atoms. The lowest BCUT2D eigenvalue weighted by Crippen LogP contribution is -2.33. The topological polar surface area (TPSA) is 102 Å². The zero-order chi connectivity index (χ0) is 23.1. The number of hydrogen-bond donors (Lipinski definition) is 2. The molecule has 2 amide bonds. The van der Waals surface area contributed by atoms with E-state index in [0.29, 0.717) is 27.9 Å². The molecule has 2 aromatic rings. The Morgan fingerprint density at radius 3 is 2.38 bits per heavy atom. The van der Waals surface area contributed by atoms with Crippen LogP contribution in [0.2, 0.25) is 0 Å². The largest absolute Gasteiger partial charge is 0.493 e. The van der Waals surface area contributed by atoms with Gasteiger partial charge in [0.25, 0.3) is 5.91 Å². The van der Waals surface area contributed by atoms with E-state index in [0.717, 1.165) is 31.2 Å². The Balaban J connectivity index is 1.52. The summed E-state index contributed by atoms with van der Waals surface area (Å²) >= 11 is 1.38. The molecule has 1 fully saturated rings. The van der Waals surface area contributed by atoms with E-state index < -0.39 is 5.91 Å².